The third kappa shape index (κ3) is 5.23. The number of benzene rings is 1. The highest BCUT2D eigenvalue weighted by Gasteiger charge is 2.14. The van der Waals surface area contributed by atoms with E-state index in [4.69, 9.17) is 4.42 Å². The van der Waals surface area contributed by atoms with Crippen molar-refractivity contribution in [3.8, 4) is 0 Å². The van der Waals surface area contributed by atoms with Gasteiger partial charge in [-0.3, -0.25) is 4.79 Å². The van der Waals surface area contributed by atoms with Crippen molar-refractivity contribution in [2.24, 2.45) is 0 Å². The smallest absolute Gasteiger partial charge is 0.225 e. The number of nitrogens with one attached hydrogen (secondary N) is 2. The Morgan fingerprint density at radius 2 is 2.04 bits per heavy atom. The fourth-order valence-corrected chi connectivity index (χ4v) is 2.40. The topological polar surface area (TPSA) is 74.5 Å². The molecule has 0 spiro atoms. The molecule has 1 heterocycles. The number of aliphatic hydroxyl groups is 1. The SMILES string of the molecule is CCc1ccccc1NC(=O)CC(C)NCC(O)c1ccco1. The maximum atomic E-state index is 12.1. The van der Waals surface area contributed by atoms with Gasteiger partial charge in [0.05, 0.1) is 6.26 Å². The number of hydrogen-bond donors (Lipinski definition) is 3. The van der Waals surface area contributed by atoms with Gasteiger partial charge in [-0.05, 0) is 37.1 Å². The van der Waals surface area contributed by atoms with Crippen LogP contribution >= 0.6 is 0 Å². The van der Waals surface area contributed by atoms with Gasteiger partial charge in [-0.15, -0.1) is 0 Å². The quantitative estimate of drug-likeness (QED) is 0.700. The van der Waals surface area contributed by atoms with Gasteiger partial charge in [-0.1, -0.05) is 25.1 Å². The summed E-state index contributed by atoms with van der Waals surface area (Å²) in [5.41, 5.74) is 1.98. The molecule has 0 saturated carbocycles. The van der Waals surface area contributed by atoms with Gasteiger partial charge in [-0.25, -0.2) is 0 Å². The molecule has 0 radical (unpaired) electrons. The normalized spacial score (nSPS) is 13.5. The Kier molecular flexibility index (Phi) is 6.38. The number of carbonyl (C=O) groups excluding carboxylic acids is 1. The summed E-state index contributed by atoms with van der Waals surface area (Å²) in [6, 6.07) is 11.2. The Morgan fingerprint density at radius 1 is 1.26 bits per heavy atom. The Morgan fingerprint density at radius 3 is 2.74 bits per heavy atom. The Hall–Kier alpha value is -2.11. The van der Waals surface area contributed by atoms with E-state index in [0.29, 0.717) is 18.7 Å². The number of furan rings is 1. The van der Waals surface area contributed by atoms with Gasteiger partial charge in [0.25, 0.3) is 0 Å². The number of para-hydroxylation sites is 1. The fraction of sp³-hybridized carbons (Fsp3) is 0.389. The summed E-state index contributed by atoms with van der Waals surface area (Å²) in [7, 11) is 0. The lowest BCUT2D eigenvalue weighted by atomic mass is 10.1. The van der Waals surface area contributed by atoms with Gasteiger partial charge in [0.15, 0.2) is 0 Å². The van der Waals surface area contributed by atoms with Crippen LogP contribution in [0.4, 0.5) is 5.69 Å². The highest BCUT2D eigenvalue weighted by Crippen LogP contribution is 2.16. The van der Waals surface area contributed by atoms with E-state index < -0.39 is 6.10 Å². The highest BCUT2D eigenvalue weighted by atomic mass is 16.4. The second-order valence-electron chi connectivity index (χ2n) is 5.60. The summed E-state index contributed by atoms with van der Waals surface area (Å²) < 4.78 is 5.14. The fourth-order valence-electron chi connectivity index (χ4n) is 2.40. The first-order valence-electron chi connectivity index (χ1n) is 7.92. The van der Waals surface area contributed by atoms with Crippen molar-refractivity contribution >= 4 is 11.6 Å². The van der Waals surface area contributed by atoms with Gasteiger partial charge in [0, 0.05) is 24.7 Å². The number of rotatable bonds is 8. The van der Waals surface area contributed by atoms with E-state index in [-0.39, 0.29) is 11.9 Å². The van der Waals surface area contributed by atoms with Crippen LogP contribution in [0.2, 0.25) is 0 Å². The third-order valence-electron chi connectivity index (χ3n) is 3.70. The zero-order valence-electron chi connectivity index (χ0n) is 13.6. The summed E-state index contributed by atoms with van der Waals surface area (Å²) in [6.07, 6.45) is 2.03. The molecule has 0 aliphatic rings. The number of carbonyl (C=O) groups is 1. The molecule has 2 atom stereocenters. The summed E-state index contributed by atoms with van der Waals surface area (Å²) in [4.78, 5) is 12.1. The van der Waals surface area contributed by atoms with E-state index in [1.54, 1.807) is 12.1 Å². The van der Waals surface area contributed by atoms with Crippen LogP contribution in [-0.4, -0.2) is 23.6 Å². The van der Waals surface area contributed by atoms with Crippen LogP contribution in [0.5, 0.6) is 0 Å². The molecule has 0 saturated heterocycles. The minimum atomic E-state index is -0.712. The molecule has 0 bridgehead atoms. The first-order valence-corrected chi connectivity index (χ1v) is 7.92. The number of anilines is 1. The molecule has 23 heavy (non-hydrogen) atoms. The molecular weight excluding hydrogens is 292 g/mol. The predicted molar refractivity (Wildman–Crippen MR) is 90.2 cm³/mol. The van der Waals surface area contributed by atoms with Crippen molar-refractivity contribution in [1.82, 2.24) is 5.32 Å². The van der Waals surface area contributed by atoms with E-state index in [1.807, 2.05) is 31.2 Å². The lowest BCUT2D eigenvalue weighted by Crippen LogP contribution is -2.33. The zero-order chi connectivity index (χ0) is 16.7. The molecule has 5 nitrogen and oxygen atoms in total. The zero-order valence-corrected chi connectivity index (χ0v) is 13.6. The predicted octanol–water partition coefficient (Wildman–Crippen LogP) is 2.88. The van der Waals surface area contributed by atoms with Crippen LogP contribution in [0.3, 0.4) is 0 Å². The number of amides is 1. The van der Waals surface area contributed by atoms with Crippen molar-refractivity contribution in [2.45, 2.75) is 38.8 Å². The van der Waals surface area contributed by atoms with Crippen LogP contribution in [0, 0.1) is 0 Å². The Balaban J connectivity index is 1.78. The summed E-state index contributed by atoms with van der Waals surface area (Å²) in [5.74, 6) is 0.476. The van der Waals surface area contributed by atoms with Crippen LogP contribution < -0.4 is 10.6 Å². The maximum absolute atomic E-state index is 12.1. The summed E-state index contributed by atoms with van der Waals surface area (Å²) >= 11 is 0. The lowest BCUT2D eigenvalue weighted by Gasteiger charge is -2.16. The van der Waals surface area contributed by atoms with Gasteiger partial charge >= 0.3 is 0 Å². The molecule has 3 N–H and O–H groups in total. The van der Waals surface area contributed by atoms with Crippen molar-refractivity contribution < 1.29 is 14.3 Å². The average molecular weight is 316 g/mol. The minimum absolute atomic E-state index is 0.0432. The van der Waals surface area contributed by atoms with Crippen LogP contribution in [-0.2, 0) is 11.2 Å². The average Bonchev–Trinajstić information content (AvgIpc) is 3.07. The molecule has 0 fully saturated rings. The molecule has 2 rings (SSSR count). The minimum Gasteiger partial charge on any atom is -0.467 e. The molecular formula is C18H24N2O3. The van der Waals surface area contributed by atoms with Crippen molar-refractivity contribution in [2.75, 3.05) is 11.9 Å². The number of aryl methyl sites for hydroxylation is 1. The van der Waals surface area contributed by atoms with E-state index in [1.165, 1.54) is 6.26 Å². The first kappa shape index (κ1) is 17.2. The van der Waals surface area contributed by atoms with E-state index in [2.05, 4.69) is 17.6 Å². The molecule has 1 amide bonds. The van der Waals surface area contributed by atoms with Crippen molar-refractivity contribution in [1.29, 1.82) is 0 Å². The number of hydrogen-bond acceptors (Lipinski definition) is 4. The van der Waals surface area contributed by atoms with Crippen LogP contribution in [0.15, 0.2) is 47.1 Å². The van der Waals surface area contributed by atoms with Gasteiger partial charge in [-0.2, -0.15) is 0 Å². The van der Waals surface area contributed by atoms with E-state index in [9.17, 15) is 9.90 Å². The molecule has 124 valence electrons. The van der Waals surface area contributed by atoms with Gasteiger partial charge in [0.1, 0.15) is 11.9 Å². The summed E-state index contributed by atoms with van der Waals surface area (Å²) in [6.45, 7) is 4.32. The third-order valence-corrected chi connectivity index (χ3v) is 3.70. The number of aliphatic hydroxyl groups excluding tert-OH is 1. The second kappa shape index (κ2) is 8.50. The lowest BCUT2D eigenvalue weighted by molar-refractivity contribution is -0.116. The standard InChI is InChI=1S/C18H24N2O3/c1-3-14-7-4-5-8-15(14)20-18(22)11-13(2)19-12-16(21)17-9-6-10-23-17/h4-10,13,16,19,21H,3,11-12H2,1-2H3,(H,20,22). The summed E-state index contributed by atoms with van der Waals surface area (Å²) in [5, 5.41) is 16.0. The highest BCUT2D eigenvalue weighted by molar-refractivity contribution is 5.91. The van der Waals surface area contributed by atoms with Gasteiger partial charge < -0.3 is 20.2 Å². The largest absolute Gasteiger partial charge is 0.467 e. The van der Waals surface area contributed by atoms with Crippen molar-refractivity contribution in [3.63, 3.8) is 0 Å². The second-order valence-corrected chi connectivity index (χ2v) is 5.60. The molecule has 2 unspecified atom stereocenters. The van der Waals surface area contributed by atoms with Crippen LogP contribution in [0.25, 0.3) is 0 Å². The van der Waals surface area contributed by atoms with Gasteiger partial charge in [0.2, 0.25) is 5.91 Å². The molecule has 1 aromatic heterocycles. The Labute approximate surface area is 136 Å². The molecule has 2 aromatic rings. The maximum Gasteiger partial charge on any atom is 0.225 e. The monoisotopic (exact) mass is 316 g/mol. The molecule has 1 aromatic carbocycles. The molecule has 0 aliphatic heterocycles. The molecule has 5 heteroatoms. The molecule has 0 aliphatic carbocycles. The Bertz CT molecular complexity index is 610. The first-order chi connectivity index (χ1) is 11.1. The van der Waals surface area contributed by atoms with Crippen molar-refractivity contribution in [3.05, 3.63) is 54.0 Å². The van der Waals surface area contributed by atoms with E-state index in [0.717, 1.165) is 17.7 Å². The van der Waals surface area contributed by atoms with Crippen LogP contribution in [0.1, 0.15) is 37.7 Å². The van der Waals surface area contributed by atoms with E-state index >= 15 is 0 Å².